The third kappa shape index (κ3) is 3.50. The van der Waals surface area contributed by atoms with Crippen LogP contribution in [0.2, 0.25) is 5.02 Å². The fourth-order valence-corrected chi connectivity index (χ4v) is 4.26. The maximum absolute atomic E-state index is 13.1. The maximum Gasteiger partial charge on any atom is 0.259 e. The van der Waals surface area contributed by atoms with Gasteiger partial charge in [-0.15, -0.1) is 0 Å². The third-order valence-corrected chi connectivity index (χ3v) is 6.07. The summed E-state index contributed by atoms with van der Waals surface area (Å²) >= 11 is 6.04. The van der Waals surface area contributed by atoms with Gasteiger partial charge in [0, 0.05) is 42.1 Å². The highest BCUT2D eigenvalue weighted by atomic mass is 35.5. The zero-order valence-corrected chi connectivity index (χ0v) is 16.7. The van der Waals surface area contributed by atoms with E-state index in [4.69, 9.17) is 17.3 Å². The van der Waals surface area contributed by atoms with Crippen LogP contribution in [0.25, 0.3) is 0 Å². The van der Waals surface area contributed by atoms with Crippen LogP contribution in [0.5, 0.6) is 0 Å². The van der Waals surface area contributed by atoms with E-state index in [9.17, 15) is 14.7 Å². The number of hydrogen-bond donors (Lipinski definition) is 3. The summed E-state index contributed by atoms with van der Waals surface area (Å²) in [6.07, 6.45) is 3.04. The number of nitrogens with zero attached hydrogens (tertiary/aromatic N) is 2. The van der Waals surface area contributed by atoms with Gasteiger partial charge >= 0.3 is 0 Å². The van der Waals surface area contributed by atoms with Crippen molar-refractivity contribution in [2.24, 2.45) is 5.73 Å². The second-order valence-corrected chi connectivity index (χ2v) is 7.93. The predicted octanol–water partition coefficient (Wildman–Crippen LogP) is 1.24. The van der Waals surface area contributed by atoms with Crippen molar-refractivity contribution in [3.05, 3.63) is 63.9 Å². The molecule has 0 radical (unpaired) electrons. The molecule has 0 bridgehead atoms. The van der Waals surface area contributed by atoms with Crippen LogP contribution < -0.4 is 11.1 Å². The number of aryl methyl sites for hydroxylation is 1. The number of amides is 2. The molecule has 1 aromatic carbocycles. The average molecular weight is 415 g/mol. The fraction of sp³-hybridized carbons (Fsp3) is 0.381. The molecule has 1 aliphatic heterocycles. The zero-order chi connectivity index (χ0) is 20.6. The standard InChI is InChI=1S/C21H23ClN4O3/c22-15-4-3-13(11-23)14(10-15)12-25-19(27)18-6-9-26(18)20(28)21(29)7-5-17-16(21)2-1-8-24-17/h1-4,8,10,18,29H,5-7,9,11-12,23H2,(H,25,27). The Labute approximate surface area is 173 Å². The molecule has 4 rings (SSSR count). The number of rotatable bonds is 5. The minimum absolute atomic E-state index is 0.249. The SMILES string of the molecule is NCc1ccc(Cl)cc1CNC(=O)C1CCN1C(=O)C1(O)CCc2ncccc21. The number of fused-ring (bicyclic) bond motifs is 1. The Bertz CT molecular complexity index is 967. The van der Waals surface area contributed by atoms with Crippen molar-refractivity contribution in [1.82, 2.24) is 15.2 Å². The normalized spacial score (nSPS) is 22.7. The topological polar surface area (TPSA) is 109 Å². The van der Waals surface area contributed by atoms with Gasteiger partial charge < -0.3 is 21.1 Å². The van der Waals surface area contributed by atoms with Crippen LogP contribution in [-0.4, -0.2) is 39.4 Å². The minimum Gasteiger partial charge on any atom is -0.375 e. The number of carbonyl (C=O) groups excluding carboxylic acids is 2. The molecule has 152 valence electrons. The van der Waals surface area contributed by atoms with Gasteiger partial charge in [0.15, 0.2) is 5.60 Å². The maximum atomic E-state index is 13.1. The summed E-state index contributed by atoms with van der Waals surface area (Å²) in [7, 11) is 0. The first kappa shape index (κ1) is 19.8. The van der Waals surface area contributed by atoms with Crippen molar-refractivity contribution >= 4 is 23.4 Å². The molecule has 0 saturated carbocycles. The van der Waals surface area contributed by atoms with Crippen molar-refractivity contribution < 1.29 is 14.7 Å². The number of carbonyl (C=O) groups is 2. The van der Waals surface area contributed by atoms with Crippen molar-refractivity contribution in [1.29, 1.82) is 0 Å². The van der Waals surface area contributed by atoms with Gasteiger partial charge in [-0.2, -0.15) is 0 Å². The Morgan fingerprint density at radius 1 is 1.34 bits per heavy atom. The summed E-state index contributed by atoms with van der Waals surface area (Å²) in [5.41, 5.74) is 7.17. The molecule has 2 amide bonds. The Morgan fingerprint density at radius 3 is 2.90 bits per heavy atom. The molecule has 2 heterocycles. The van der Waals surface area contributed by atoms with Crippen molar-refractivity contribution in [2.45, 2.75) is 44.0 Å². The molecule has 2 aliphatic rings. The molecular formula is C21H23ClN4O3. The average Bonchev–Trinajstić information content (AvgIpc) is 3.04. The van der Waals surface area contributed by atoms with E-state index in [1.807, 2.05) is 6.07 Å². The molecule has 29 heavy (non-hydrogen) atoms. The van der Waals surface area contributed by atoms with Gasteiger partial charge in [-0.05, 0) is 48.6 Å². The smallest absolute Gasteiger partial charge is 0.259 e. The van der Waals surface area contributed by atoms with Crippen molar-refractivity contribution in [3.63, 3.8) is 0 Å². The molecule has 1 aliphatic carbocycles. The highest BCUT2D eigenvalue weighted by Gasteiger charge is 2.50. The molecule has 2 unspecified atom stereocenters. The predicted molar refractivity (Wildman–Crippen MR) is 108 cm³/mol. The molecule has 0 spiro atoms. The number of nitrogens with two attached hydrogens (primary N) is 1. The number of aliphatic hydroxyl groups is 1. The van der Waals surface area contributed by atoms with E-state index in [0.29, 0.717) is 36.5 Å². The molecule has 1 saturated heterocycles. The van der Waals surface area contributed by atoms with Crippen LogP contribution in [0.4, 0.5) is 0 Å². The van der Waals surface area contributed by atoms with E-state index >= 15 is 0 Å². The number of aromatic nitrogens is 1. The van der Waals surface area contributed by atoms with Crippen LogP contribution in [0, 0.1) is 0 Å². The number of hydrogen-bond acceptors (Lipinski definition) is 5. The van der Waals surface area contributed by atoms with Crippen molar-refractivity contribution in [2.75, 3.05) is 6.54 Å². The monoisotopic (exact) mass is 414 g/mol. The molecular weight excluding hydrogens is 392 g/mol. The van der Waals surface area contributed by atoms with Gasteiger partial charge in [-0.1, -0.05) is 23.7 Å². The number of nitrogens with one attached hydrogen (secondary N) is 1. The van der Waals surface area contributed by atoms with Crippen LogP contribution in [0.3, 0.4) is 0 Å². The Morgan fingerprint density at radius 2 is 2.17 bits per heavy atom. The zero-order valence-electron chi connectivity index (χ0n) is 15.9. The van der Waals surface area contributed by atoms with E-state index in [1.54, 1.807) is 30.5 Å². The van der Waals surface area contributed by atoms with Gasteiger partial charge in [-0.3, -0.25) is 14.6 Å². The van der Waals surface area contributed by atoms with Crippen LogP contribution in [0.1, 0.15) is 35.2 Å². The molecule has 7 nitrogen and oxygen atoms in total. The summed E-state index contributed by atoms with van der Waals surface area (Å²) in [5.74, 6) is -0.679. The van der Waals surface area contributed by atoms with Gasteiger partial charge in [0.1, 0.15) is 6.04 Å². The fourth-order valence-electron chi connectivity index (χ4n) is 4.07. The van der Waals surface area contributed by atoms with Crippen LogP contribution in [-0.2, 0) is 34.7 Å². The van der Waals surface area contributed by atoms with Gasteiger partial charge in [0.25, 0.3) is 5.91 Å². The second-order valence-electron chi connectivity index (χ2n) is 7.50. The largest absolute Gasteiger partial charge is 0.375 e. The van der Waals surface area contributed by atoms with E-state index in [2.05, 4.69) is 10.3 Å². The summed E-state index contributed by atoms with van der Waals surface area (Å²) in [4.78, 5) is 31.5. The third-order valence-electron chi connectivity index (χ3n) is 5.84. The second kappa shape index (κ2) is 7.74. The van der Waals surface area contributed by atoms with E-state index in [1.165, 1.54) is 4.90 Å². The van der Waals surface area contributed by atoms with Gasteiger partial charge in [0.2, 0.25) is 5.91 Å². The number of likely N-dealkylation sites (tertiary alicyclic amines) is 1. The Kier molecular flexibility index (Phi) is 5.29. The Balaban J connectivity index is 1.44. The quantitative estimate of drug-likeness (QED) is 0.682. The first-order chi connectivity index (χ1) is 13.9. The molecule has 1 aromatic heterocycles. The summed E-state index contributed by atoms with van der Waals surface area (Å²) in [6, 6.07) is 8.23. The highest BCUT2D eigenvalue weighted by Crippen LogP contribution is 2.39. The first-order valence-electron chi connectivity index (χ1n) is 9.67. The van der Waals surface area contributed by atoms with Crippen LogP contribution in [0.15, 0.2) is 36.5 Å². The Hall–Kier alpha value is -2.48. The lowest BCUT2D eigenvalue weighted by Gasteiger charge is -2.43. The van der Waals surface area contributed by atoms with E-state index < -0.39 is 17.6 Å². The highest BCUT2D eigenvalue weighted by molar-refractivity contribution is 6.30. The molecule has 2 atom stereocenters. The van der Waals surface area contributed by atoms with Gasteiger partial charge in [0.05, 0.1) is 0 Å². The summed E-state index contributed by atoms with van der Waals surface area (Å²) in [5, 5.41) is 14.5. The van der Waals surface area contributed by atoms with E-state index in [-0.39, 0.29) is 18.9 Å². The summed E-state index contributed by atoms with van der Waals surface area (Å²) in [6.45, 7) is 1.07. The lowest BCUT2D eigenvalue weighted by atomic mass is 9.91. The van der Waals surface area contributed by atoms with Crippen LogP contribution >= 0.6 is 11.6 Å². The minimum atomic E-state index is -1.61. The lowest BCUT2D eigenvalue weighted by molar-refractivity contribution is -0.164. The van der Waals surface area contributed by atoms with Crippen molar-refractivity contribution in [3.8, 4) is 0 Å². The first-order valence-corrected chi connectivity index (χ1v) is 10.0. The summed E-state index contributed by atoms with van der Waals surface area (Å²) < 4.78 is 0. The molecule has 8 heteroatoms. The molecule has 1 fully saturated rings. The van der Waals surface area contributed by atoms with Gasteiger partial charge in [-0.25, -0.2) is 0 Å². The number of halogens is 1. The molecule has 2 aromatic rings. The lowest BCUT2D eigenvalue weighted by Crippen LogP contribution is -2.62. The number of pyridine rings is 1. The number of benzene rings is 1. The van der Waals surface area contributed by atoms with E-state index in [0.717, 1.165) is 16.8 Å². The molecule has 4 N–H and O–H groups in total.